The van der Waals surface area contributed by atoms with Crippen molar-refractivity contribution in [1.82, 2.24) is 5.32 Å². The van der Waals surface area contributed by atoms with Gasteiger partial charge >= 0.3 is 0 Å². The van der Waals surface area contributed by atoms with Gasteiger partial charge in [0.1, 0.15) is 0 Å². The standard InChI is InChI=1S/C15H20Cl2N2O2/c1-9(11-3-2-4-12(16)13(11)17)19-15(20)14(18)10-5-7-21-8-6-10/h2-4,9-10,14H,5-8,18H2,1H3,(H,19,20). The lowest BCUT2D eigenvalue weighted by Crippen LogP contribution is -2.47. The molecule has 3 N–H and O–H groups in total. The molecule has 0 radical (unpaired) electrons. The molecule has 1 saturated heterocycles. The van der Waals surface area contributed by atoms with E-state index in [4.69, 9.17) is 33.7 Å². The van der Waals surface area contributed by atoms with E-state index in [9.17, 15) is 4.79 Å². The zero-order chi connectivity index (χ0) is 15.4. The molecule has 1 aliphatic rings. The van der Waals surface area contributed by atoms with Crippen molar-refractivity contribution in [3.8, 4) is 0 Å². The van der Waals surface area contributed by atoms with Crippen molar-refractivity contribution in [2.45, 2.75) is 31.8 Å². The Balaban J connectivity index is 1.99. The van der Waals surface area contributed by atoms with Gasteiger partial charge in [-0.2, -0.15) is 0 Å². The molecule has 0 aliphatic carbocycles. The lowest BCUT2D eigenvalue weighted by atomic mass is 9.91. The van der Waals surface area contributed by atoms with Gasteiger partial charge in [0.15, 0.2) is 0 Å². The number of ether oxygens (including phenoxy) is 1. The van der Waals surface area contributed by atoms with Gasteiger partial charge in [-0.25, -0.2) is 0 Å². The summed E-state index contributed by atoms with van der Waals surface area (Å²) in [5.41, 5.74) is 6.85. The molecule has 0 spiro atoms. The fourth-order valence-corrected chi connectivity index (χ4v) is 3.00. The molecule has 2 atom stereocenters. The van der Waals surface area contributed by atoms with Crippen LogP contribution in [0.5, 0.6) is 0 Å². The summed E-state index contributed by atoms with van der Waals surface area (Å²) in [6.45, 7) is 3.20. The van der Waals surface area contributed by atoms with Gasteiger partial charge in [0.25, 0.3) is 0 Å². The Bertz CT molecular complexity index is 504. The van der Waals surface area contributed by atoms with Crippen LogP contribution < -0.4 is 11.1 Å². The summed E-state index contributed by atoms with van der Waals surface area (Å²) in [5.74, 6) is 0.00576. The van der Waals surface area contributed by atoms with E-state index in [0.29, 0.717) is 23.3 Å². The fraction of sp³-hybridized carbons (Fsp3) is 0.533. The number of rotatable bonds is 4. The maximum atomic E-state index is 12.3. The number of hydrogen-bond acceptors (Lipinski definition) is 3. The molecule has 6 heteroatoms. The second-order valence-corrected chi connectivity index (χ2v) is 6.13. The average molecular weight is 331 g/mol. The minimum absolute atomic E-state index is 0.162. The van der Waals surface area contributed by atoms with Gasteiger partial charge in [0.05, 0.1) is 22.1 Å². The van der Waals surface area contributed by atoms with E-state index in [-0.39, 0.29) is 17.9 Å². The smallest absolute Gasteiger partial charge is 0.237 e. The van der Waals surface area contributed by atoms with E-state index < -0.39 is 6.04 Å². The van der Waals surface area contributed by atoms with Crippen LogP contribution in [0.1, 0.15) is 31.4 Å². The number of carbonyl (C=O) groups is 1. The molecular weight excluding hydrogens is 311 g/mol. The molecule has 116 valence electrons. The lowest BCUT2D eigenvalue weighted by molar-refractivity contribution is -0.125. The van der Waals surface area contributed by atoms with Crippen molar-refractivity contribution in [2.75, 3.05) is 13.2 Å². The molecule has 1 amide bonds. The highest BCUT2D eigenvalue weighted by molar-refractivity contribution is 6.42. The van der Waals surface area contributed by atoms with Crippen LogP contribution in [0.3, 0.4) is 0 Å². The molecule has 2 unspecified atom stereocenters. The summed E-state index contributed by atoms with van der Waals surface area (Å²) in [4.78, 5) is 12.3. The summed E-state index contributed by atoms with van der Waals surface area (Å²) < 4.78 is 5.29. The molecule has 1 aromatic carbocycles. The van der Waals surface area contributed by atoms with Crippen LogP contribution >= 0.6 is 23.2 Å². The van der Waals surface area contributed by atoms with Gasteiger partial charge in [-0.15, -0.1) is 0 Å². The summed E-state index contributed by atoms with van der Waals surface area (Å²) in [6, 6.07) is 4.61. The van der Waals surface area contributed by atoms with Crippen molar-refractivity contribution < 1.29 is 9.53 Å². The minimum atomic E-state index is -0.519. The van der Waals surface area contributed by atoms with E-state index in [1.165, 1.54) is 0 Å². The topological polar surface area (TPSA) is 64.4 Å². The molecule has 21 heavy (non-hydrogen) atoms. The molecule has 0 aromatic heterocycles. The highest BCUT2D eigenvalue weighted by Crippen LogP contribution is 2.30. The number of benzene rings is 1. The van der Waals surface area contributed by atoms with E-state index in [2.05, 4.69) is 5.32 Å². The first kappa shape index (κ1) is 16.6. The third kappa shape index (κ3) is 4.10. The fourth-order valence-electron chi connectivity index (χ4n) is 2.53. The maximum Gasteiger partial charge on any atom is 0.237 e. The van der Waals surface area contributed by atoms with E-state index >= 15 is 0 Å². The van der Waals surface area contributed by atoms with Crippen molar-refractivity contribution in [3.05, 3.63) is 33.8 Å². The van der Waals surface area contributed by atoms with E-state index in [1.54, 1.807) is 6.07 Å². The number of carbonyl (C=O) groups excluding carboxylic acids is 1. The molecule has 2 rings (SSSR count). The van der Waals surface area contributed by atoms with Gasteiger partial charge in [-0.1, -0.05) is 35.3 Å². The van der Waals surface area contributed by atoms with Crippen molar-refractivity contribution in [1.29, 1.82) is 0 Å². The third-order valence-corrected chi connectivity index (χ3v) is 4.72. The zero-order valence-corrected chi connectivity index (χ0v) is 13.5. The Labute approximate surface area is 134 Å². The summed E-state index contributed by atoms with van der Waals surface area (Å²) in [7, 11) is 0. The molecule has 1 heterocycles. The Morgan fingerprint density at radius 3 is 2.71 bits per heavy atom. The lowest BCUT2D eigenvalue weighted by Gasteiger charge is -2.28. The molecule has 1 fully saturated rings. The molecular formula is C15H20Cl2N2O2. The number of hydrogen-bond donors (Lipinski definition) is 2. The van der Waals surface area contributed by atoms with Gasteiger partial charge in [-0.05, 0) is 37.3 Å². The minimum Gasteiger partial charge on any atom is -0.381 e. The maximum absolute atomic E-state index is 12.3. The molecule has 1 aromatic rings. The number of halogens is 2. The normalized spacial score (nSPS) is 19.0. The Morgan fingerprint density at radius 1 is 1.38 bits per heavy atom. The summed E-state index contributed by atoms with van der Waals surface area (Å²) in [6.07, 6.45) is 1.64. The zero-order valence-electron chi connectivity index (χ0n) is 11.9. The Hall–Kier alpha value is -0.810. The molecule has 0 saturated carbocycles. The monoisotopic (exact) mass is 330 g/mol. The van der Waals surface area contributed by atoms with E-state index in [1.807, 2.05) is 19.1 Å². The second-order valence-electron chi connectivity index (χ2n) is 5.35. The molecule has 0 bridgehead atoms. The van der Waals surface area contributed by atoms with Gasteiger partial charge < -0.3 is 15.8 Å². The van der Waals surface area contributed by atoms with Crippen LogP contribution in [-0.4, -0.2) is 25.2 Å². The van der Waals surface area contributed by atoms with Crippen LogP contribution in [0, 0.1) is 5.92 Å². The first-order chi connectivity index (χ1) is 10.0. The SMILES string of the molecule is CC(NC(=O)C(N)C1CCOCC1)c1cccc(Cl)c1Cl. The summed E-state index contributed by atoms with van der Waals surface area (Å²) >= 11 is 12.2. The Kier molecular flexibility index (Phi) is 5.88. The van der Waals surface area contributed by atoms with E-state index in [0.717, 1.165) is 18.4 Å². The van der Waals surface area contributed by atoms with Crippen LogP contribution in [0.15, 0.2) is 18.2 Å². The van der Waals surface area contributed by atoms with Gasteiger partial charge in [-0.3, -0.25) is 4.79 Å². The van der Waals surface area contributed by atoms with Crippen molar-refractivity contribution in [2.24, 2.45) is 11.7 Å². The van der Waals surface area contributed by atoms with Crippen LogP contribution in [-0.2, 0) is 9.53 Å². The van der Waals surface area contributed by atoms with Crippen molar-refractivity contribution in [3.63, 3.8) is 0 Å². The highest BCUT2D eigenvalue weighted by Gasteiger charge is 2.27. The molecule has 4 nitrogen and oxygen atoms in total. The number of nitrogens with two attached hydrogens (primary N) is 1. The molecule has 1 aliphatic heterocycles. The van der Waals surface area contributed by atoms with Crippen LogP contribution in [0.4, 0.5) is 0 Å². The second kappa shape index (κ2) is 7.45. The van der Waals surface area contributed by atoms with Crippen LogP contribution in [0.25, 0.3) is 0 Å². The van der Waals surface area contributed by atoms with Crippen molar-refractivity contribution >= 4 is 29.1 Å². The quantitative estimate of drug-likeness (QED) is 0.892. The average Bonchev–Trinajstić information content (AvgIpc) is 2.50. The third-order valence-electron chi connectivity index (χ3n) is 3.88. The van der Waals surface area contributed by atoms with Gasteiger partial charge in [0, 0.05) is 13.2 Å². The predicted molar refractivity (Wildman–Crippen MR) is 84.5 cm³/mol. The number of nitrogens with one attached hydrogen (secondary N) is 1. The first-order valence-electron chi connectivity index (χ1n) is 7.08. The first-order valence-corrected chi connectivity index (χ1v) is 7.84. The van der Waals surface area contributed by atoms with Gasteiger partial charge in [0.2, 0.25) is 5.91 Å². The largest absolute Gasteiger partial charge is 0.381 e. The highest BCUT2D eigenvalue weighted by atomic mass is 35.5. The van der Waals surface area contributed by atoms with Crippen LogP contribution in [0.2, 0.25) is 10.0 Å². The number of amides is 1. The summed E-state index contributed by atoms with van der Waals surface area (Å²) in [5, 5.41) is 3.85. The predicted octanol–water partition coefficient (Wildman–Crippen LogP) is 2.92. The Morgan fingerprint density at radius 2 is 2.05 bits per heavy atom.